The number of anilines is 2. The normalized spacial score (nSPS) is 14.5. The third kappa shape index (κ3) is 2.86. The van der Waals surface area contributed by atoms with Gasteiger partial charge in [0.05, 0.1) is 17.3 Å². The van der Waals surface area contributed by atoms with Gasteiger partial charge in [0.25, 0.3) is 0 Å². The molecule has 0 bridgehead atoms. The Balaban J connectivity index is 2.36. The van der Waals surface area contributed by atoms with E-state index in [4.69, 9.17) is 10.5 Å². The number of esters is 1. The first-order valence-electron chi connectivity index (χ1n) is 6.90. The van der Waals surface area contributed by atoms with Crippen molar-refractivity contribution < 1.29 is 9.53 Å². The molecule has 0 aromatic carbocycles. The highest BCUT2D eigenvalue weighted by Gasteiger charge is 2.34. The SMILES string of the molecule is CCCN(C)c1sc(C(=O)OCC)c(N)c1C1CC1. The lowest BCUT2D eigenvalue weighted by Crippen LogP contribution is -2.17. The molecule has 1 aliphatic carbocycles. The molecule has 1 heterocycles. The summed E-state index contributed by atoms with van der Waals surface area (Å²) in [5.74, 6) is 0.247. The lowest BCUT2D eigenvalue weighted by atomic mass is 10.1. The van der Waals surface area contributed by atoms with Crippen molar-refractivity contribution in [2.45, 2.75) is 39.0 Å². The molecule has 0 spiro atoms. The summed E-state index contributed by atoms with van der Waals surface area (Å²) >= 11 is 1.48. The largest absolute Gasteiger partial charge is 0.462 e. The monoisotopic (exact) mass is 282 g/mol. The van der Waals surface area contributed by atoms with Crippen molar-refractivity contribution >= 4 is 28.0 Å². The first-order valence-corrected chi connectivity index (χ1v) is 7.72. The predicted octanol–water partition coefficient (Wildman–Crippen LogP) is 3.23. The Morgan fingerprint density at radius 1 is 1.47 bits per heavy atom. The van der Waals surface area contributed by atoms with Crippen molar-refractivity contribution in [2.75, 3.05) is 30.8 Å². The van der Waals surface area contributed by atoms with Gasteiger partial charge in [0, 0.05) is 19.2 Å². The Labute approximate surface area is 118 Å². The maximum Gasteiger partial charge on any atom is 0.350 e. The van der Waals surface area contributed by atoms with E-state index >= 15 is 0 Å². The Kier molecular flexibility index (Phi) is 4.34. The van der Waals surface area contributed by atoms with E-state index in [1.54, 1.807) is 0 Å². The zero-order valence-electron chi connectivity index (χ0n) is 11.9. The number of nitrogens with zero attached hydrogens (tertiary/aromatic N) is 1. The molecule has 1 aliphatic rings. The van der Waals surface area contributed by atoms with Crippen molar-refractivity contribution in [2.24, 2.45) is 0 Å². The number of hydrogen-bond acceptors (Lipinski definition) is 5. The molecule has 106 valence electrons. The number of nitrogen functional groups attached to an aromatic ring is 1. The van der Waals surface area contributed by atoms with Crippen LogP contribution in [-0.4, -0.2) is 26.2 Å². The molecule has 0 radical (unpaired) electrons. The number of thiophene rings is 1. The second kappa shape index (κ2) is 5.82. The van der Waals surface area contributed by atoms with Crippen LogP contribution in [0.4, 0.5) is 10.7 Å². The van der Waals surface area contributed by atoms with Gasteiger partial charge in [0.2, 0.25) is 0 Å². The Morgan fingerprint density at radius 3 is 2.68 bits per heavy atom. The van der Waals surface area contributed by atoms with Gasteiger partial charge in [-0.3, -0.25) is 0 Å². The van der Waals surface area contributed by atoms with Gasteiger partial charge >= 0.3 is 5.97 Å². The summed E-state index contributed by atoms with van der Waals surface area (Å²) in [5.41, 5.74) is 8.01. The highest BCUT2D eigenvalue weighted by Crippen LogP contribution is 2.51. The highest BCUT2D eigenvalue weighted by molar-refractivity contribution is 7.18. The minimum absolute atomic E-state index is 0.289. The minimum Gasteiger partial charge on any atom is -0.462 e. The molecule has 1 fully saturated rings. The van der Waals surface area contributed by atoms with E-state index in [-0.39, 0.29) is 5.97 Å². The number of ether oxygens (including phenoxy) is 1. The number of carbonyl (C=O) groups excluding carboxylic acids is 1. The fourth-order valence-corrected chi connectivity index (χ4v) is 3.47. The van der Waals surface area contributed by atoms with Crippen LogP contribution in [0.5, 0.6) is 0 Å². The van der Waals surface area contributed by atoms with Gasteiger partial charge in [-0.1, -0.05) is 6.92 Å². The van der Waals surface area contributed by atoms with Crippen LogP contribution in [0.25, 0.3) is 0 Å². The van der Waals surface area contributed by atoms with E-state index in [0.717, 1.165) is 18.0 Å². The van der Waals surface area contributed by atoms with Gasteiger partial charge in [-0.15, -0.1) is 11.3 Å². The molecule has 4 nitrogen and oxygen atoms in total. The van der Waals surface area contributed by atoms with Crippen molar-refractivity contribution in [1.82, 2.24) is 0 Å². The lowest BCUT2D eigenvalue weighted by molar-refractivity contribution is 0.0533. The van der Waals surface area contributed by atoms with E-state index in [2.05, 4.69) is 18.9 Å². The summed E-state index contributed by atoms with van der Waals surface area (Å²) in [4.78, 5) is 14.7. The molecular weight excluding hydrogens is 260 g/mol. The Morgan fingerprint density at radius 2 is 2.16 bits per heavy atom. The predicted molar refractivity (Wildman–Crippen MR) is 80.2 cm³/mol. The maximum absolute atomic E-state index is 11.9. The lowest BCUT2D eigenvalue weighted by Gasteiger charge is -2.18. The zero-order valence-corrected chi connectivity index (χ0v) is 12.7. The molecular formula is C14H22N2O2S. The van der Waals surface area contributed by atoms with E-state index < -0.39 is 0 Å². The molecule has 0 aliphatic heterocycles. The first-order chi connectivity index (χ1) is 9.10. The summed E-state index contributed by atoms with van der Waals surface area (Å²) < 4.78 is 5.09. The third-order valence-corrected chi connectivity index (χ3v) is 4.63. The molecule has 2 N–H and O–H groups in total. The van der Waals surface area contributed by atoms with Crippen LogP contribution in [0, 0.1) is 0 Å². The van der Waals surface area contributed by atoms with Crippen LogP contribution >= 0.6 is 11.3 Å². The topological polar surface area (TPSA) is 55.6 Å². The molecule has 2 rings (SSSR count). The quantitative estimate of drug-likeness (QED) is 0.814. The number of carbonyl (C=O) groups is 1. The van der Waals surface area contributed by atoms with Crippen LogP contribution in [0.2, 0.25) is 0 Å². The summed E-state index contributed by atoms with van der Waals surface area (Å²) in [6.07, 6.45) is 3.43. The van der Waals surface area contributed by atoms with E-state index in [0.29, 0.717) is 23.1 Å². The van der Waals surface area contributed by atoms with Gasteiger partial charge in [0.15, 0.2) is 0 Å². The minimum atomic E-state index is -0.289. The van der Waals surface area contributed by atoms with E-state index in [1.807, 2.05) is 6.92 Å². The highest BCUT2D eigenvalue weighted by atomic mass is 32.1. The molecule has 1 saturated carbocycles. The second-order valence-corrected chi connectivity index (χ2v) is 5.98. The fourth-order valence-electron chi connectivity index (χ4n) is 2.28. The zero-order chi connectivity index (χ0) is 14.0. The van der Waals surface area contributed by atoms with Crippen LogP contribution in [0.3, 0.4) is 0 Å². The Hall–Kier alpha value is -1.23. The average Bonchev–Trinajstić information content (AvgIpc) is 3.13. The molecule has 5 heteroatoms. The van der Waals surface area contributed by atoms with E-state index in [1.165, 1.54) is 29.7 Å². The van der Waals surface area contributed by atoms with Crippen molar-refractivity contribution in [3.8, 4) is 0 Å². The average molecular weight is 282 g/mol. The standard InChI is InChI=1S/C14H22N2O2S/c1-4-8-16(3)13-10(9-6-7-9)11(15)12(19-13)14(17)18-5-2/h9H,4-8,15H2,1-3H3. The number of rotatable bonds is 6. The first kappa shape index (κ1) is 14.2. The molecule has 1 aromatic heterocycles. The molecule has 0 unspecified atom stereocenters. The molecule has 0 atom stereocenters. The van der Waals surface area contributed by atoms with Crippen LogP contribution in [-0.2, 0) is 4.74 Å². The molecule has 1 aromatic rings. The van der Waals surface area contributed by atoms with E-state index in [9.17, 15) is 4.79 Å². The second-order valence-electron chi connectivity index (χ2n) is 4.98. The van der Waals surface area contributed by atoms with Gasteiger partial charge in [0.1, 0.15) is 4.88 Å². The summed E-state index contributed by atoms with van der Waals surface area (Å²) in [5, 5.41) is 1.14. The van der Waals surface area contributed by atoms with Gasteiger partial charge in [-0.05, 0) is 32.1 Å². The maximum atomic E-state index is 11.9. The number of hydrogen-bond donors (Lipinski definition) is 1. The van der Waals surface area contributed by atoms with Crippen LogP contribution < -0.4 is 10.6 Å². The molecule has 0 saturated heterocycles. The smallest absolute Gasteiger partial charge is 0.350 e. The summed E-state index contributed by atoms with van der Waals surface area (Å²) in [6.45, 7) is 5.32. The Bertz CT molecular complexity index is 466. The third-order valence-electron chi connectivity index (χ3n) is 3.32. The number of nitrogens with two attached hydrogens (primary N) is 1. The van der Waals surface area contributed by atoms with Crippen molar-refractivity contribution in [3.05, 3.63) is 10.4 Å². The summed E-state index contributed by atoms with van der Waals surface area (Å²) in [6, 6.07) is 0. The van der Waals surface area contributed by atoms with Gasteiger partial charge in [-0.2, -0.15) is 0 Å². The van der Waals surface area contributed by atoms with Gasteiger partial charge < -0.3 is 15.4 Å². The van der Waals surface area contributed by atoms with Crippen LogP contribution in [0.1, 0.15) is 54.3 Å². The molecule has 0 amide bonds. The van der Waals surface area contributed by atoms with Crippen molar-refractivity contribution in [1.29, 1.82) is 0 Å². The fraction of sp³-hybridized carbons (Fsp3) is 0.643. The van der Waals surface area contributed by atoms with Crippen molar-refractivity contribution in [3.63, 3.8) is 0 Å². The van der Waals surface area contributed by atoms with Gasteiger partial charge in [-0.25, -0.2) is 4.79 Å². The molecule has 19 heavy (non-hydrogen) atoms. The summed E-state index contributed by atoms with van der Waals surface area (Å²) in [7, 11) is 2.07. The van der Waals surface area contributed by atoms with Crippen LogP contribution in [0.15, 0.2) is 0 Å².